The maximum atomic E-state index is 12.4. The van der Waals surface area contributed by atoms with Gasteiger partial charge in [-0.15, -0.1) is 0 Å². The number of alkyl halides is 3. The van der Waals surface area contributed by atoms with Crippen LogP contribution in [-0.2, 0) is 16.2 Å². The third-order valence-electron chi connectivity index (χ3n) is 2.97. The predicted molar refractivity (Wildman–Crippen MR) is 80.5 cm³/mol. The van der Waals surface area contributed by atoms with Gasteiger partial charge in [-0.25, -0.2) is 13.1 Å². The molecule has 0 heterocycles. The molecule has 0 unspecified atom stereocenters. The lowest BCUT2D eigenvalue weighted by Gasteiger charge is -2.09. The van der Waals surface area contributed by atoms with Gasteiger partial charge in [0.15, 0.2) is 0 Å². The van der Waals surface area contributed by atoms with Crippen LogP contribution in [0.2, 0.25) is 0 Å². The van der Waals surface area contributed by atoms with E-state index in [0.29, 0.717) is 6.42 Å². The van der Waals surface area contributed by atoms with Crippen molar-refractivity contribution in [3.05, 3.63) is 35.4 Å². The number of sulfonamides is 1. The second-order valence-corrected chi connectivity index (χ2v) is 6.82. The molecule has 0 spiro atoms. The standard InChI is InChI=1S/C14H19F3N2O3S/c1-2-3-10-23(21,22)19-9-8-18-13(20)11-4-6-12(7-5-11)14(15,16)17/h4-7,19H,2-3,8-10H2,1H3,(H,18,20). The van der Waals surface area contributed by atoms with Crippen LogP contribution in [0.1, 0.15) is 35.7 Å². The Morgan fingerprint density at radius 3 is 2.26 bits per heavy atom. The second kappa shape index (κ2) is 8.30. The highest BCUT2D eigenvalue weighted by Crippen LogP contribution is 2.28. The van der Waals surface area contributed by atoms with Crippen molar-refractivity contribution in [2.45, 2.75) is 25.9 Å². The van der Waals surface area contributed by atoms with E-state index in [1.807, 2.05) is 6.92 Å². The number of hydrogen-bond acceptors (Lipinski definition) is 3. The molecule has 1 amide bonds. The van der Waals surface area contributed by atoms with Crippen molar-refractivity contribution in [3.63, 3.8) is 0 Å². The van der Waals surface area contributed by atoms with Crippen LogP contribution in [0.4, 0.5) is 13.2 Å². The van der Waals surface area contributed by atoms with Gasteiger partial charge in [-0.3, -0.25) is 4.79 Å². The Labute approximate surface area is 133 Å². The molecular weight excluding hydrogens is 333 g/mol. The topological polar surface area (TPSA) is 75.3 Å². The molecule has 1 aromatic carbocycles. The Morgan fingerprint density at radius 2 is 1.74 bits per heavy atom. The Balaban J connectivity index is 2.43. The molecular formula is C14H19F3N2O3S. The monoisotopic (exact) mass is 352 g/mol. The SMILES string of the molecule is CCCCS(=O)(=O)NCCNC(=O)c1ccc(C(F)(F)F)cc1. The molecule has 0 aliphatic heterocycles. The summed E-state index contributed by atoms with van der Waals surface area (Å²) >= 11 is 0. The summed E-state index contributed by atoms with van der Waals surface area (Å²) in [5.41, 5.74) is -0.760. The number of carbonyl (C=O) groups is 1. The molecule has 0 saturated heterocycles. The molecule has 0 aliphatic carbocycles. The lowest BCUT2D eigenvalue weighted by atomic mass is 10.1. The van der Waals surface area contributed by atoms with E-state index >= 15 is 0 Å². The first kappa shape index (κ1) is 19.4. The maximum Gasteiger partial charge on any atom is 0.416 e. The minimum absolute atomic E-state index is 0.0242. The van der Waals surface area contributed by atoms with Crippen LogP contribution in [0.5, 0.6) is 0 Å². The smallest absolute Gasteiger partial charge is 0.351 e. The van der Waals surface area contributed by atoms with Gasteiger partial charge < -0.3 is 5.32 Å². The van der Waals surface area contributed by atoms with Gasteiger partial charge in [0.1, 0.15) is 0 Å². The summed E-state index contributed by atoms with van der Waals surface area (Å²) in [5.74, 6) is -0.539. The van der Waals surface area contributed by atoms with E-state index in [1.165, 1.54) is 0 Å². The summed E-state index contributed by atoms with van der Waals surface area (Å²) in [6.45, 7) is 1.95. The molecule has 0 aromatic heterocycles. The summed E-state index contributed by atoms with van der Waals surface area (Å²) in [7, 11) is -3.35. The van der Waals surface area contributed by atoms with Crippen LogP contribution >= 0.6 is 0 Å². The summed E-state index contributed by atoms with van der Waals surface area (Å²) in [6, 6.07) is 3.79. The largest absolute Gasteiger partial charge is 0.416 e. The van der Waals surface area contributed by atoms with E-state index in [0.717, 1.165) is 30.7 Å². The highest BCUT2D eigenvalue weighted by molar-refractivity contribution is 7.89. The number of halogens is 3. The van der Waals surface area contributed by atoms with Gasteiger partial charge in [-0.1, -0.05) is 13.3 Å². The van der Waals surface area contributed by atoms with Gasteiger partial charge in [-0.05, 0) is 30.7 Å². The van der Waals surface area contributed by atoms with Gasteiger partial charge >= 0.3 is 6.18 Å². The fourth-order valence-electron chi connectivity index (χ4n) is 1.70. The Bertz CT molecular complexity index is 613. The Kier molecular flexibility index (Phi) is 7.01. The zero-order valence-electron chi connectivity index (χ0n) is 12.6. The number of amides is 1. The number of benzene rings is 1. The third kappa shape index (κ3) is 7.00. The lowest BCUT2D eigenvalue weighted by molar-refractivity contribution is -0.137. The quantitative estimate of drug-likeness (QED) is 0.704. The first-order valence-electron chi connectivity index (χ1n) is 7.08. The minimum atomic E-state index is -4.45. The van der Waals surface area contributed by atoms with Crippen LogP contribution in [0.25, 0.3) is 0 Å². The Morgan fingerprint density at radius 1 is 1.13 bits per heavy atom. The van der Waals surface area contributed by atoms with E-state index in [1.54, 1.807) is 0 Å². The van der Waals surface area contributed by atoms with E-state index in [4.69, 9.17) is 0 Å². The number of unbranched alkanes of at least 4 members (excludes halogenated alkanes) is 1. The first-order valence-corrected chi connectivity index (χ1v) is 8.74. The van der Waals surface area contributed by atoms with Gasteiger partial charge in [0.05, 0.1) is 11.3 Å². The molecule has 1 rings (SSSR count). The van der Waals surface area contributed by atoms with Crippen LogP contribution in [-0.4, -0.2) is 33.2 Å². The van der Waals surface area contributed by atoms with E-state index in [2.05, 4.69) is 10.0 Å². The molecule has 23 heavy (non-hydrogen) atoms. The van der Waals surface area contributed by atoms with Crippen molar-refractivity contribution in [1.29, 1.82) is 0 Å². The Hall–Kier alpha value is -1.61. The van der Waals surface area contributed by atoms with E-state index in [9.17, 15) is 26.4 Å². The fourth-order valence-corrected chi connectivity index (χ4v) is 2.93. The molecule has 0 bridgehead atoms. The van der Waals surface area contributed by atoms with E-state index in [-0.39, 0.29) is 24.4 Å². The summed E-state index contributed by atoms with van der Waals surface area (Å²) in [4.78, 5) is 11.7. The van der Waals surface area contributed by atoms with Crippen molar-refractivity contribution < 1.29 is 26.4 Å². The highest BCUT2D eigenvalue weighted by Gasteiger charge is 2.30. The average Bonchev–Trinajstić information content (AvgIpc) is 2.48. The molecule has 130 valence electrons. The number of nitrogens with one attached hydrogen (secondary N) is 2. The fraction of sp³-hybridized carbons (Fsp3) is 0.500. The van der Waals surface area contributed by atoms with Crippen molar-refractivity contribution in [2.24, 2.45) is 0 Å². The van der Waals surface area contributed by atoms with Crippen LogP contribution < -0.4 is 10.0 Å². The van der Waals surface area contributed by atoms with Gasteiger partial charge in [0.2, 0.25) is 10.0 Å². The van der Waals surface area contributed by atoms with Crippen molar-refractivity contribution in [3.8, 4) is 0 Å². The zero-order valence-corrected chi connectivity index (χ0v) is 13.4. The van der Waals surface area contributed by atoms with E-state index < -0.39 is 27.7 Å². The molecule has 0 aliphatic rings. The number of hydrogen-bond donors (Lipinski definition) is 2. The van der Waals surface area contributed by atoms with Crippen molar-refractivity contribution in [2.75, 3.05) is 18.8 Å². The van der Waals surface area contributed by atoms with Gasteiger partial charge in [0, 0.05) is 18.7 Å². The lowest BCUT2D eigenvalue weighted by Crippen LogP contribution is -2.35. The number of carbonyl (C=O) groups excluding carboxylic acids is 1. The van der Waals surface area contributed by atoms with Crippen molar-refractivity contribution >= 4 is 15.9 Å². The summed E-state index contributed by atoms with van der Waals surface area (Å²) < 4.78 is 62.6. The highest BCUT2D eigenvalue weighted by atomic mass is 32.2. The van der Waals surface area contributed by atoms with Crippen molar-refractivity contribution in [1.82, 2.24) is 10.0 Å². The molecule has 0 saturated carbocycles. The molecule has 5 nitrogen and oxygen atoms in total. The molecule has 0 atom stereocenters. The summed E-state index contributed by atoms with van der Waals surface area (Å²) in [5, 5.41) is 2.44. The second-order valence-electron chi connectivity index (χ2n) is 4.90. The molecule has 2 N–H and O–H groups in total. The molecule has 0 radical (unpaired) electrons. The first-order chi connectivity index (χ1) is 10.7. The van der Waals surface area contributed by atoms with Crippen LogP contribution in [0.3, 0.4) is 0 Å². The van der Waals surface area contributed by atoms with Gasteiger partial charge in [0.25, 0.3) is 5.91 Å². The molecule has 1 aromatic rings. The normalized spacial score (nSPS) is 12.2. The number of rotatable bonds is 8. The molecule has 9 heteroatoms. The average molecular weight is 352 g/mol. The molecule has 0 fully saturated rings. The summed E-state index contributed by atoms with van der Waals surface area (Å²) in [6.07, 6.45) is -3.15. The van der Waals surface area contributed by atoms with Crippen LogP contribution in [0.15, 0.2) is 24.3 Å². The van der Waals surface area contributed by atoms with Crippen LogP contribution in [0, 0.1) is 0 Å². The minimum Gasteiger partial charge on any atom is -0.351 e. The predicted octanol–water partition coefficient (Wildman–Crippen LogP) is 2.15. The zero-order chi connectivity index (χ0) is 17.5. The maximum absolute atomic E-state index is 12.4. The third-order valence-corrected chi connectivity index (χ3v) is 4.44. The van der Waals surface area contributed by atoms with Gasteiger partial charge in [-0.2, -0.15) is 13.2 Å².